The van der Waals surface area contributed by atoms with Crippen molar-refractivity contribution in [1.82, 2.24) is 10.2 Å². The number of hydrogen-bond donors (Lipinski definition) is 1. The third-order valence-corrected chi connectivity index (χ3v) is 6.42. The van der Waals surface area contributed by atoms with Crippen LogP contribution in [0.15, 0.2) is 41.3 Å². The van der Waals surface area contributed by atoms with E-state index in [-0.39, 0.29) is 34.0 Å². The first-order valence-corrected chi connectivity index (χ1v) is 12.5. The highest BCUT2D eigenvalue weighted by Gasteiger charge is 2.22. The number of thioether (sulfide) groups is 1. The van der Waals surface area contributed by atoms with E-state index in [1.807, 2.05) is 6.92 Å². The van der Waals surface area contributed by atoms with Crippen molar-refractivity contribution in [1.29, 1.82) is 0 Å². The van der Waals surface area contributed by atoms with E-state index in [1.165, 1.54) is 24.3 Å². The summed E-state index contributed by atoms with van der Waals surface area (Å²) in [6, 6.07) is 8.89. The van der Waals surface area contributed by atoms with Crippen molar-refractivity contribution in [3.05, 3.63) is 64.7 Å². The second kappa shape index (κ2) is 12.0. The van der Waals surface area contributed by atoms with Gasteiger partial charge in [0.05, 0.1) is 24.0 Å². The molecule has 2 aromatic carbocycles. The van der Waals surface area contributed by atoms with E-state index in [0.29, 0.717) is 26.2 Å². The Bertz CT molecular complexity index is 1060. The predicted molar refractivity (Wildman–Crippen MR) is 131 cm³/mol. The summed E-state index contributed by atoms with van der Waals surface area (Å²) in [6.45, 7) is 10.1. The molecule has 1 N–H and O–H groups in total. The molecule has 0 spiro atoms. The Balaban J connectivity index is 1.44. The molecule has 0 unspecified atom stereocenters. The van der Waals surface area contributed by atoms with E-state index in [2.05, 4.69) is 10.2 Å². The van der Waals surface area contributed by atoms with Crippen LogP contribution in [0.2, 0.25) is 0 Å². The molecule has 1 fully saturated rings. The Labute approximate surface area is 209 Å². The Kier molecular flexibility index (Phi) is 9.27. The lowest BCUT2D eigenvalue weighted by Crippen LogP contribution is -2.47. The molecule has 0 bridgehead atoms. The molecule has 0 saturated carbocycles. The minimum absolute atomic E-state index is 0.0356. The highest BCUT2D eigenvalue weighted by atomic mass is 32.2. The van der Waals surface area contributed by atoms with Gasteiger partial charge in [-0.3, -0.25) is 9.69 Å². The largest absolute Gasteiger partial charge is 0.456 e. The van der Waals surface area contributed by atoms with E-state index in [4.69, 9.17) is 9.47 Å². The van der Waals surface area contributed by atoms with Crippen molar-refractivity contribution in [2.24, 2.45) is 0 Å². The van der Waals surface area contributed by atoms with E-state index >= 15 is 0 Å². The fourth-order valence-corrected chi connectivity index (χ4v) is 4.38. The standard InChI is InChI=1S/C26H32F2N2O4S/c1-17-11-20(27)7-5-19(17)14-30-9-10-33-21(15-30)13-29-24(31)16-35-23-8-6-18(12-22(23)28)25(32)34-26(2,3)4/h5-8,11-12,21H,9-10,13-16H2,1-4H3,(H,29,31)/t21-/m0/s1. The second-order valence-electron chi connectivity index (χ2n) is 9.54. The van der Waals surface area contributed by atoms with Crippen LogP contribution in [0.4, 0.5) is 8.78 Å². The summed E-state index contributed by atoms with van der Waals surface area (Å²) in [5.74, 6) is -1.62. The van der Waals surface area contributed by atoms with Gasteiger partial charge in [0.1, 0.15) is 17.2 Å². The van der Waals surface area contributed by atoms with Crippen LogP contribution in [-0.4, -0.2) is 60.5 Å². The first-order valence-electron chi connectivity index (χ1n) is 11.5. The summed E-state index contributed by atoms with van der Waals surface area (Å²) in [5, 5.41) is 2.84. The van der Waals surface area contributed by atoms with Gasteiger partial charge in [-0.05, 0) is 69.2 Å². The van der Waals surface area contributed by atoms with E-state index in [1.54, 1.807) is 26.8 Å². The molecule has 1 atom stereocenters. The molecule has 1 saturated heterocycles. The number of carbonyl (C=O) groups excluding carboxylic acids is 2. The van der Waals surface area contributed by atoms with Gasteiger partial charge >= 0.3 is 5.97 Å². The maximum atomic E-state index is 14.4. The number of carbonyl (C=O) groups is 2. The van der Waals surface area contributed by atoms with Crippen molar-refractivity contribution < 1.29 is 27.8 Å². The molecule has 2 aromatic rings. The van der Waals surface area contributed by atoms with Crippen LogP contribution < -0.4 is 5.32 Å². The first kappa shape index (κ1) is 27.1. The van der Waals surface area contributed by atoms with E-state index < -0.39 is 17.4 Å². The molecule has 0 aromatic heterocycles. The lowest BCUT2D eigenvalue weighted by Gasteiger charge is -2.33. The van der Waals surface area contributed by atoms with E-state index in [9.17, 15) is 18.4 Å². The van der Waals surface area contributed by atoms with Gasteiger partial charge in [0.2, 0.25) is 5.91 Å². The summed E-state index contributed by atoms with van der Waals surface area (Å²) < 4.78 is 38.8. The number of aryl methyl sites for hydroxylation is 1. The number of morpholine rings is 1. The zero-order chi connectivity index (χ0) is 25.6. The molecule has 1 aliphatic rings. The number of amides is 1. The molecule has 3 rings (SSSR count). The predicted octanol–water partition coefficient (Wildman–Crippen LogP) is 4.34. The minimum Gasteiger partial charge on any atom is -0.456 e. The Hall–Kier alpha value is -2.49. The van der Waals surface area contributed by atoms with Gasteiger partial charge in [-0.1, -0.05) is 6.07 Å². The lowest BCUT2D eigenvalue weighted by atomic mass is 10.1. The lowest BCUT2D eigenvalue weighted by molar-refractivity contribution is -0.119. The average molecular weight is 507 g/mol. The highest BCUT2D eigenvalue weighted by molar-refractivity contribution is 8.00. The number of halogens is 2. The van der Waals surface area contributed by atoms with Gasteiger partial charge in [0, 0.05) is 31.1 Å². The van der Waals surface area contributed by atoms with Crippen molar-refractivity contribution >= 4 is 23.6 Å². The van der Waals surface area contributed by atoms with Crippen LogP contribution in [-0.2, 0) is 20.8 Å². The number of nitrogens with zero attached hydrogens (tertiary/aromatic N) is 1. The molecule has 1 aliphatic heterocycles. The molecule has 9 heteroatoms. The average Bonchev–Trinajstić information content (AvgIpc) is 2.78. The van der Waals surface area contributed by atoms with Gasteiger partial charge in [-0.15, -0.1) is 11.8 Å². The number of ether oxygens (including phenoxy) is 2. The molecule has 1 amide bonds. The molecular formula is C26H32F2N2O4S. The molecule has 0 radical (unpaired) electrons. The molecule has 35 heavy (non-hydrogen) atoms. The van der Waals surface area contributed by atoms with Gasteiger partial charge in [-0.2, -0.15) is 0 Å². The smallest absolute Gasteiger partial charge is 0.338 e. The number of nitrogens with one attached hydrogen (secondary N) is 1. The summed E-state index contributed by atoms with van der Waals surface area (Å²) in [6.07, 6.45) is -0.164. The summed E-state index contributed by atoms with van der Waals surface area (Å²) in [5.41, 5.74) is 1.43. The van der Waals surface area contributed by atoms with Gasteiger partial charge in [-0.25, -0.2) is 13.6 Å². The van der Waals surface area contributed by atoms with Crippen molar-refractivity contribution in [3.8, 4) is 0 Å². The molecule has 190 valence electrons. The Morgan fingerprint density at radius 1 is 1.20 bits per heavy atom. The van der Waals surface area contributed by atoms with Crippen LogP contribution in [0.25, 0.3) is 0 Å². The van der Waals surface area contributed by atoms with Gasteiger partial charge in [0.25, 0.3) is 0 Å². The SMILES string of the molecule is Cc1cc(F)ccc1CN1CCO[C@@H](CNC(=O)CSc2ccc(C(=O)OC(C)(C)C)cc2F)C1. The van der Waals surface area contributed by atoms with Crippen LogP contribution in [0, 0.1) is 18.6 Å². The fourth-order valence-electron chi connectivity index (χ4n) is 3.63. The number of esters is 1. The summed E-state index contributed by atoms with van der Waals surface area (Å²) in [4.78, 5) is 26.9. The third-order valence-electron chi connectivity index (χ3n) is 5.37. The maximum Gasteiger partial charge on any atom is 0.338 e. The normalized spacial score (nSPS) is 16.7. The first-order chi connectivity index (χ1) is 16.5. The molecular weight excluding hydrogens is 474 g/mol. The topological polar surface area (TPSA) is 67.9 Å². The maximum absolute atomic E-state index is 14.4. The third kappa shape index (κ3) is 8.59. The highest BCUT2D eigenvalue weighted by Crippen LogP contribution is 2.24. The Morgan fingerprint density at radius 3 is 2.66 bits per heavy atom. The number of rotatable bonds is 8. The minimum atomic E-state index is -0.669. The van der Waals surface area contributed by atoms with Crippen molar-refractivity contribution in [2.75, 3.05) is 32.0 Å². The van der Waals surface area contributed by atoms with Crippen LogP contribution >= 0.6 is 11.8 Å². The fraction of sp³-hybridized carbons (Fsp3) is 0.462. The summed E-state index contributed by atoms with van der Waals surface area (Å²) in [7, 11) is 0. The monoisotopic (exact) mass is 506 g/mol. The molecule has 1 heterocycles. The van der Waals surface area contributed by atoms with E-state index in [0.717, 1.165) is 35.5 Å². The van der Waals surface area contributed by atoms with Crippen LogP contribution in [0.5, 0.6) is 0 Å². The quantitative estimate of drug-likeness (QED) is 0.425. The van der Waals surface area contributed by atoms with Gasteiger partial charge in [0.15, 0.2) is 0 Å². The molecule has 6 nitrogen and oxygen atoms in total. The second-order valence-corrected chi connectivity index (χ2v) is 10.6. The van der Waals surface area contributed by atoms with Crippen LogP contribution in [0.1, 0.15) is 42.3 Å². The number of benzene rings is 2. The Morgan fingerprint density at radius 2 is 1.97 bits per heavy atom. The van der Waals surface area contributed by atoms with Crippen molar-refractivity contribution in [2.45, 2.75) is 50.8 Å². The zero-order valence-corrected chi connectivity index (χ0v) is 21.3. The number of hydrogen-bond acceptors (Lipinski definition) is 6. The molecule has 0 aliphatic carbocycles. The van der Waals surface area contributed by atoms with Crippen LogP contribution in [0.3, 0.4) is 0 Å². The summed E-state index contributed by atoms with van der Waals surface area (Å²) >= 11 is 1.06. The van der Waals surface area contributed by atoms with Crippen molar-refractivity contribution in [3.63, 3.8) is 0 Å². The van der Waals surface area contributed by atoms with Gasteiger partial charge < -0.3 is 14.8 Å². The zero-order valence-electron chi connectivity index (χ0n) is 20.5.